The van der Waals surface area contributed by atoms with Crippen LogP contribution in [0, 0.1) is 0 Å². The quantitative estimate of drug-likeness (QED) is 0.213. The van der Waals surface area contributed by atoms with Crippen LogP contribution >= 0.6 is 15.9 Å². The van der Waals surface area contributed by atoms with Crippen LogP contribution in [0.5, 0.6) is 17.2 Å². The van der Waals surface area contributed by atoms with Gasteiger partial charge in [0.15, 0.2) is 17.6 Å². The summed E-state index contributed by atoms with van der Waals surface area (Å²) in [7, 11) is 1.47. The second-order valence-corrected chi connectivity index (χ2v) is 7.53. The van der Waals surface area contributed by atoms with Crippen LogP contribution in [-0.4, -0.2) is 31.3 Å². The van der Waals surface area contributed by atoms with Crippen LogP contribution in [0.2, 0.25) is 0 Å². The summed E-state index contributed by atoms with van der Waals surface area (Å²) in [5.41, 5.74) is 3.51. The summed E-state index contributed by atoms with van der Waals surface area (Å²) in [6.45, 7) is 1.63. The number of hydrogen-bond acceptors (Lipinski definition) is 6. The Bertz CT molecular complexity index is 1100. The van der Waals surface area contributed by atoms with Gasteiger partial charge in [-0.1, -0.05) is 34.1 Å². The normalized spacial score (nSPS) is 11.6. The number of halogens is 1. The first-order chi connectivity index (χ1) is 15.5. The highest BCUT2D eigenvalue weighted by Gasteiger charge is 2.14. The molecular weight excluding hydrogens is 476 g/mol. The Morgan fingerprint density at radius 2 is 1.72 bits per heavy atom. The van der Waals surface area contributed by atoms with Gasteiger partial charge in [0.1, 0.15) is 5.75 Å². The number of carbonyl (C=O) groups excluding carboxylic acids is 2. The van der Waals surface area contributed by atoms with E-state index >= 15 is 0 Å². The fourth-order valence-corrected chi connectivity index (χ4v) is 2.88. The first kappa shape index (κ1) is 23.0. The van der Waals surface area contributed by atoms with E-state index < -0.39 is 18.0 Å². The zero-order valence-electron chi connectivity index (χ0n) is 17.4. The molecule has 0 fully saturated rings. The lowest BCUT2D eigenvalue weighted by atomic mass is 10.2. The number of benzene rings is 3. The van der Waals surface area contributed by atoms with Gasteiger partial charge in [-0.15, -0.1) is 0 Å². The molecule has 1 unspecified atom stereocenters. The van der Waals surface area contributed by atoms with Crippen LogP contribution in [0.4, 0.5) is 0 Å². The van der Waals surface area contributed by atoms with Crippen molar-refractivity contribution in [3.05, 3.63) is 88.4 Å². The fourth-order valence-electron chi connectivity index (χ4n) is 2.61. The molecule has 164 valence electrons. The van der Waals surface area contributed by atoms with Gasteiger partial charge in [0.25, 0.3) is 5.91 Å². The molecule has 32 heavy (non-hydrogen) atoms. The monoisotopic (exact) mass is 496 g/mol. The number of nitrogens with zero attached hydrogens (tertiary/aromatic N) is 1. The van der Waals surface area contributed by atoms with Crippen molar-refractivity contribution in [1.82, 2.24) is 5.43 Å². The van der Waals surface area contributed by atoms with Crippen molar-refractivity contribution in [2.45, 2.75) is 13.0 Å². The van der Waals surface area contributed by atoms with Crippen molar-refractivity contribution in [1.29, 1.82) is 0 Å². The van der Waals surface area contributed by atoms with Gasteiger partial charge in [-0.2, -0.15) is 5.10 Å². The molecule has 1 amide bonds. The number of ether oxygens (including phenoxy) is 3. The van der Waals surface area contributed by atoms with Gasteiger partial charge in [-0.25, -0.2) is 10.2 Å². The fraction of sp³-hybridized carbons (Fsp3) is 0.125. The number of hydrazone groups is 1. The van der Waals surface area contributed by atoms with E-state index in [4.69, 9.17) is 14.2 Å². The lowest BCUT2D eigenvalue weighted by Crippen LogP contribution is -2.33. The maximum atomic E-state index is 12.3. The van der Waals surface area contributed by atoms with Gasteiger partial charge in [-0.3, -0.25) is 4.79 Å². The topological polar surface area (TPSA) is 86.2 Å². The zero-order valence-corrected chi connectivity index (χ0v) is 19.0. The maximum Gasteiger partial charge on any atom is 0.343 e. The van der Waals surface area contributed by atoms with Crippen molar-refractivity contribution < 1.29 is 23.8 Å². The number of rotatable bonds is 8. The summed E-state index contributed by atoms with van der Waals surface area (Å²) < 4.78 is 17.2. The number of amides is 1. The summed E-state index contributed by atoms with van der Waals surface area (Å²) in [5, 5.41) is 3.96. The first-order valence-electron chi connectivity index (χ1n) is 9.66. The van der Waals surface area contributed by atoms with E-state index in [1.807, 2.05) is 18.2 Å². The maximum absolute atomic E-state index is 12.3. The number of hydrogen-bond donors (Lipinski definition) is 1. The molecule has 1 atom stereocenters. The van der Waals surface area contributed by atoms with Gasteiger partial charge in [0, 0.05) is 4.47 Å². The number of methoxy groups -OCH3 is 1. The molecule has 7 nitrogen and oxygen atoms in total. The average molecular weight is 497 g/mol. The number of nitrogens with one attached hydrogen (secondary N) is 1. The molecule has 0 bridgehead atoms. The SMILES string of the molecule is COc1cc(/C=N/NC(=O)C(C)Oc2ccc(Br)cc2)ccc1OC(=O)c1ccccc1. The summed E-state index contributed by atoms with van der Waals surface area (Å²) in [4.78, 5) is 24.5. The lowest BCUT2D eigenvalue weighted by Gasteiger charge is -2.13. The third kappa shape index (κ3) is 6.42. The molecular formula is C24H21BrN2O5. The molecule has 0 radical (unpaired) electrons. The largest absolute Gasteiger partial charge is 0.493 e. The molecule has 0 saturated heterocycles. The van der Waals surface area contributed by atoms with E-state index in [-0.39, 0.29) is 5.75 Å². The minimum Gasteiger partial charge on any atom is -0.493 e. The number of carbonyl (C=O) groups is 2. The first-order valence-corrected chi connectivity index (χ1v) is 10.5. The summed E-state index contributed by atoms with van der Waals surface area (Å²) in [5.74, 6) is 0.322. The average Bonchev–Trinajstić information content (AvgIpc) is 2.81. The molecule has 3 aromatic rings. The molecule has 3 aromatic carbocycles. The molecule has 0 aliphatic heterocycles. The molecule has 0 aliphatic carbocycles. The predicted octanol–water partition coefficient (Wildman–Crippen LogP) is 4.59. The molecule has 0 heterocycles. The second-order valence-electron chi connectivity index (χ2n) is 6.61. The van der Waals surface area contributed by atoms with Crippen LogP contribution in [0.25, 0.3) is 0 Å². The van der Waals surface area contributed by atoms with Gasteiger partial charge in [-0.05, 0) is 67.1 Å². The zero-order chi connectivity index (χ0) is 22.9. The highest BCUT2D eigenvalue weighted by molar-refractivity contribution is 9.10. The Morgan fingerprint density at radius 1 is 1.00 bits per heavy atom. The Morgan fingerprint density at radius 3 is 2.41 bits per heavy atom. The summed E-state index contributed by atoms with van der Waals surface area (Å²) in [6, 6.07) is 20.8. The van der Waals surface area contributed by atoms with Gasteiger partial charge >= 0.3 is 5.97 Å². The highest BCUT2D eigenvalue weighted by atomic mass is 79.9. The van der Waals surface area contributed by atoms with Crippen LogP contribution < -0.4 is 19.6 Å². The molecule has 1 N–H and O–H groups in total. The Kier molecular flexibility index (Phi) is 7.99. The Hall–Kier alpha value is -3.65. The van der Waals surface area contributed by atoms with E-state index in [0.29, 0.717) is 22.6 Å². The second kappa shape index (κ2) is 11.1. The van der Waals surface area contributed by atoms with Crippen molar-refractivity contribution in [2.24, 2.45) is 5.10 Å². The predicted molar refractivity (Wildman–Crippen MR) is 124 cm³/mol. The van der Waals surface area contributed by atoms with E-state index in [1.54, 1.807) is 61.5 Å². The van der Waals surface area contributed by atoms with E-state index in [1.165, 1.54) is 13.3 Å². The Balaban J connectivity index is 1.58. The molecule has 0 saturated carbocycles. The van der Waals surface area contributed by atoms with Gasteiger partial charge < -0.3 is 14.2 Å². The molecule has 0 aliphatic rings. The number of esters is 1. The third-order valence-electron chi connectivity index (χ3n) is 4.28. The minimum absolute atomic E-state index is 0.277. The molecule has 3 rings (SSSR count). The molecule has 8 heteroatoms. The van der Waals surface area contributed by atoms with Gasteiger partial charge in [0.05, 0.1) is 18.9 Å². The van der Waals surface area contributed by atoms with Gasteiger partial charge in [0.2, 0.25) is 0 Å². The van der Waals surface area contributed by atoms with Crippen LogP contribution in [0.15, 0.2) is 82.4 Å². The molecule has 0 aromatic heterocycles. The van der Waals surface area contributed by atoms with E-state index in [9.17, 15) is 9.59 Å². The van der Waals surface area contributed by atoms with Crippen molar-refractivity contribution in [3.8, 4) is 17.2 Å². The van der Waals surface area contributed by atoms with Crippen LogP contribution in [-0.2, 0) is 4.79 Å². The summed E-state index contributed by atoms with van der Waals surface area (Å²) in [6.07, 6.45) is 0.720. The van der Waals surface area contributed by atoms with Crippen molar-refractivity contribution >= 4 is 34.0 Å². The minimum atomic E-state index is -0.734. The van der Waals surface area contributed by atoms with Crippen molar-refractivity contribution in [2.75, 3.05) is 7.11 Å². The van der Waals surface area contributed by atoms with E-state index in [0.717, 1.165) is 4.47 Å². The molecule has 0 spiro atoms. The standard InChI is InChI=1S/C24H21BrN2O5/c1-16(31-20-11-9-19(25)10-12-20)23(28)27-26-15-17-8-13-21(22(14-17)30-2)32-24(29)18-6-4-3-5-7-18/h3-16H,1-2H3,(H,27,28)/b26-15+. The smallest absolute Gasteiger partial charge is 0.343 e. The highest BCUT2D eigenvalue weighted by Crippen LogP contribution is 2.28. The Labute approximate surface area is 194 Å². The van der Waals surface area contributed by atoms with Crippen molar-refractivity contribution in [3.63, 3.8) is 0 Å². The third-order valence-corrected chi connectivity index (χ3v) is 4.81. The lowest BCUT2D eigenvalue weighted by molar-refractivity contribution is -0.127. The summed E-state index contributed by atoms with van der Waals surface area (Å²) >= 11 is 3.35. The van der Waals surface area contributed by atoms with Crippen LogP contribution in [0.1, 0.15) is 22.8 Å². The van der Waals surface area contributed by atoms with Crippen LogP contribution in [0.3, 0.4) is 0 Å². The van der Waals surface area contributed by atoms with E-state index in [2.05, 4.69) is 26.5 Å².